The van der Waals surface area contributed by atoms with Gasteiger partial charge < -0.3 is 15.2 Å². The largest absolute Gasteiger partial charge is 0.381 e. The van der Waals surface area contributed by atoms with E-state index in [4.69, 9.17) is 0 Å². The van der Waals surface area contributed by atoms with Gasteiger partial charge in [0.05, 0.1) is 0 Å². The van der Waals surface area contributed by atoms with E-state index in [0.29, 0.717) is 5.56 Å². The third kappa shape index (κ3) is 3.37. The number of rotatable bonds is 5. The van der Waals surface area contributed by atoms with Crippen molar-refractivity contribution in [2.45, 2.75) is 20.0 Å². The highest BCUT2D eigenvalue weighted by Crippen LogP contribution is 2.12. The van der Waals surface area contributed by atoms with E-state index in [1.165, 1.54) is 5.56 Å². The Morgan fingerprint density at radius 2 is 2.16 bits per heavy atom. The molecule has 0 unspecified atom stereocenters. The summed E-state index contributed by atoms with van der Waals surface area (Å²) in [5.74, 6) is -0.0687. The molecule has 1 aromatic heterocycles. The average Bonchev–Trinajstić information content (AvgIpc) is 2.92. The topological polar surface area (TPSA) is 46.1 Å². The van der Waals surface area contributed by atoms with Crippen LogP contribution in [0.3, 0.4) is 0 Å². The highest BCUT2D eigenvalue weighted by molar-refractivity contribution is 5.94. The van der Waals surface area contributed by atoms with Crippen LogP contribution in [0.5, 0.6) is 0 Å². The Bertz CT molecular complexity index is 560. The molecule has 0 aliphatic heterocycles. The molecule has 0 radical (unpaired) electrons. The van der Waals surface area contributed by atoms with Crippen LogP contribution in [0.1, 0.15) is 22.8 Å². The zero-order valence-corrected chi connectivity index (χ0v) is 11.3. The number of hydrogen-bond donors (Lipinski definition) is 2. The molecule has 0 atom stereocenters. The molecule has 4 nitrogen and oxygen atoms in total. The van der Waals surface area contributed by atoms with Gasteiger partial charge in [-0.25, -0.2) is 0 Å². The van der Waals surface area contributed by atoms with Gasteiger partial charge in [-0.3, -0.25) is 4.79 Å². The molecule has 0 spiro atoms. The van der Waals surface area contributed by atoms with Crippen molar-refractivity contribution in [3.63, 3.8) is 0 Å². The Morgan fingerprint density at radius 3 is 2.84 bits per heavy atom. The van der Waals surface area contributed by atoms with Crippen molar-refractivity contribution < 1.29 is 4.79 Å². The second-order valence-corrected chi connectivity index (χ2v) is 4.36. The van der Waals surface area contributed by atoms with Gasteiger partial charge in [0.1, 0.15) is 0 Å². The van der Waals surface area contributed by atoms with Crippen LogP contribution in [0.2, 0.25) is 0 Å². The smallest absolute Gasteiger partial charge is 0.251 e. The van der Waals surface area contributed by atoms with Gasteiger partial charge in [0.25, 0.3) is 5.91 Å². The van der Waals surface area contributed by atoms with E-state index < -0.39 is 0 Å². The van der Waals surface area contributed by atoms with Crippen LogP contribution in [0.15, 0.2) is 42.7 Å². The van der Waals surface area contributed by atoms with Gasteiger partial charge in [-0.1, -0.05) is 6.07 Å². The quantitative estimate of drug-likeness (QED) is 0.864. The van der Waals surface area contributed by atoms with Crippen LogP contribution in [-0.4, -0.2) is 17.5 Å². The maximum Gasteiger partial charge on any atom is 0.251 e. The summed E-state index contributed by atoms with van der Waals surface area (Å²) in [7, 11) is 1.63. The van der Waals surface area contributed by atoms with Crippen LogP contribution in [0.4, 0.5) is 5.69 Å². The molecule has 100 valence electrons. The molecule has 4 heteroatoms. The van der Waals surface area contributed by atoms with Crippen molar-refractivity contribution in [3.05, 3.63) is 53.9 Å². The molecule has 0 saturated carbocycles. The first-order valence-corrected chi connectivity index (χ1v) is 6.43. The third-order valence-corrected chi connectivity index (χ3v) is 3.03. The first-order valence-electron chi connectivity index (χ1n) is 6.43. The van der Waals surface area contributed by atoms with Crippen LogP contribution >= 0.6 is 0 Å². The monoisotopic (exact) mass is 257 g/mol. The molecule has 0 fully saturated rings. The number of anilines is 1. The lowest BCUT2D eigenvalue weighted by molar-refractivity contribution is 0.0963. The van der Waals surface area contributed by atoms with Crippen LogP contribution in [0, 0.1) is 0 Å². The summed E-state index contributed by atoms with van der Waals surface area (Å²) in [4.78, 5) is 11.5. The van der Waals surface area contributed by atoms with E-state index in [9.17, 15) is 4.79 Å². The summed E-state index contributed by atoms with van der Waals surface area (Å²) in [5, 5.41) is 5.95. The molecule has 1 heterocycles. The second kappa shape index (κ2) is 6.09. The Labute approximate surface area is 113 Å². The van der Waals surface area contributed by atoms with Crippen LogP contribution in [-0.2, 0) is 13.1 Å². The van der Waals surface area contributed by atoms with Crippen molar-refractivity contribution >= 4 is 11.6 Å². The van der Waals surface area contributed by atoms with Crippen LogP contribution < -0.4 is 10.6 Å². The maximum atomic E-state index is 11.5. The molecular weight excluding hydrogens is 238 g/mol. The Balaban J connectivity index is 2.01. The first-order chi connectivity index (χ1) is 9.22. The van der Waals surface area contributed by atoms with Gasteiger partial charge in [-0.2, -0.15) is 0 Å². The van der Waals surface area contributed by atoms with Gasteiger partial charge in [0.15, 0.2) is 0 Å². The predicted octanol–water partition coefficient (Wildman–Crippen LogP) is 2.48. The van der Waals surface area contributed by atoms with Gasteiger partial charge in [0, 0.05) is 43.8 Å². The number of carbonyl (C=O) groups excluding carboxylic acids is 1. The Hall–Kier alpha value is -2.23. The van der Waals surface area contributed by atoms with Crippen molar-refractivity contribution in [2.24, 2.45) is 0 Å². The van der Waals surface area contributed by atoms with Gasteiger partial charge >= 0.3 is 0 Å². The molecule has 2 N–H and O–H groups in total. The fourth-order valence-electron chi connectivity index (χ4n) is 1.91. The molecule has 0 saturated heterocycles. The number of amides is 1. The highest BCUT2D eigenvalue weighted by atomic mass is 16.1. The normalized spacial score (nSPS) is 10.2. The van der Waals surface area contributed by atoms with E-state index in [1.54, 1.807) is 13.1 Å². The number of carbonyl (C=O) groups is 1. The van der Waals surface area contributed by atoms with Gasteiger partial charge in [-0.05, 0) is 36.8 Å². The van der Waals surface area contributed by atoms with E-state index in [2.05, 4.69) is 40.6 Å². The van der Waals surface area contributed by atoms with E-state index >= 15 is 0 Å². The molecule has 0 aliphatic carbocycles. The maximum absolute atomic E-state index is 11.5. The van der Waals surface area contributed by atoms with Crippen molar-refractivity contribution in [1.82, 2.24) is 9.88 Å². The zero-order chi connectivity index (χ0) is 13.7. The lowest BCUT2D eigenvalue weighted by Gasteiger charge is -2.07. The molecule has 1 aromatic carbocycles. The predicted molar refractivity (Wildman–Crippen MR) is 77.3 cm³/mol. The Morgan fingerprint density at radius 1 is 1.32 bits per heavy atom. The SMILES string of the molecule is CCn1ccc(CNc2cccc(C(=O)NC)c2)c1. The first kappa shape index (κ1) is 13.2. The summed E-state index contributed by atoms with van der Waals surface area (Å²) in [6.07, 6.45) is 4.19. The molecular formula is C15H19N3O. The lowest BCUT2D eigenvalue weighted by Crippen LogP contribution is -2.17. The zero-order valence-electron chi connectivity index (χ0n) is 11.3. The number of hydrogen-bond acceptors (Lipinski definition) is 2. The van der Waals surface area contributed by atoms with E-state index in [-0.39, 0.29) is 5.91 Å². The van der Waals surface area contributed by atoms with E-state index in [1.807, 2.05) is 18.2 Å². The molecule has 0 aliphatic rings. The molecule has 1 amide bonds. The number of benzene rings is 1. The molecule has 2 rings (SSSR count). The summed E-state index contributed by atoms with van der Waals surface area (Å²) in [6, 6.07) is 9.60. The average molecular weight is 257 g/mol. The summed E-state index contributed by atoms with van der Waals surface area (Å²) < 4.78 is 2.14. The minimum absolute atomic E-state index is 0.0687. The second-order valence-electron chi connectivity index (χ2n) is 4.36. The molecule has 0 bridgehead atoms. The number of nitrogens with zero attached hydrogens (tertiary/aromatic N) is 1. The standard InChI is InChI=1S/C15H19N3O/c1-3-18-8-7-12(11-18)10-17-14-6-4-5-13(9-14)15(19)16-2/h4-9,11,17H,3,10H2,1-2H3,(H,16,19). The van der Waals surface area contributed by atoms with Gasteiger partial charge in [0.2, 0.25) is 0 Å². The van der Waals surface area contributed by atoms with Gasteiger partial charge in [-0.15, -0.1) is 0 Å². The molecule has 2 aromatic rings. The Kier molecular flexibility index (Phi) is 4.23. The lowest BCUT2D eigenvalue weighted by atomic mass is 10.2. The minimum Gasteiger partial charge on any atom is -0.381 e. The third-order valence-electron chi connectivity index (χ3n) is 3.03. The molecule has 19 heavy (non-hydrogen) atoms. The summed E-state index contributed by atoms with van der Waals surface area (Å²) in [6.45, 7) is 3.85. The van der Waals surface area contributed by atoms with Crippen molar-refractivity contribution in [2.75, 3.05) is 12.4 Å². The fourth-order valence-corrected chi connectivity index (χ4v) is 1.91. The minimum atomic E-state index is -0.0687. The summed E-state index contributed by atoms with van der Waals surface area (Å²) in [5.41, 5.74) is 2.84. The van der Waals surface area contributed by atoms with Crippen molar-refractivity contribution in [1.29, 1.82) is 0 Å². The van der Waals surface area contributed by atoms with Crippen molar-refractivity contribution in [3.8, 4) is 0 Å². The van der Waals surface area contributed by atoms with Crippen LogP contribution in [0.25, 0.3) is 0 Å². The number of aromatic nitrogens is 1. The number of nitrogens with one attached hydrogen (secondary N) is 2. The summed E-state index contributed by atoms with van der Waals surface area (Å²) >= 11 is 0. The fraction of sp³-hybridized carbons (Fsp3) is 0.267. The van der Waals surface area contributed by atoms with E-state index in [0.717, 1.165) is 18.8 Å². The highest BCUT2D eigenvalue weighted by Gasteiger charge is 2.03. The number of aryl methyl sites for hydroxylation is 1.